The molecule has 0 spiro atoms. The van der Waals surface area contributed by atoms with Crippen molar-refractivity contribution in [3.05, 3.63) is 64.7 Å². The number of nitrogens with one attached hydrogen (secondary N) is 2. The number of aryl methyl sites for hydroxylation is 1. The van der Waals surface area contributed by atoms with Gasteiger partial charge in [0.15, 0.2) is 5.11 Å². The standard InChI is InChI=1S/C17H19ClN2S/c1-3-15(13-7-5-4-6-8-13)19-17(21)20-16-10-9-14(18)11-12(16)2/h4-11,15H,3H2,1-2H3,(H2,19,20,21). The Labute approximate surface area is 136 Å². The number of hydrogen-bond donors (Lipinski definition) is 2. The van der Waals surface area contributed by atoms with Crippen molar-refractivity contribution in [2.45, 2.75) is 26.3 Å². The van der Waals surface area contributed by atoms with E-state index in [0.29, 0.717) is 5.11 Å². The molecular weight excluding hydrogens is 300 g/mol. The third-order valence-electron chi connectivity index (χ3n) is 3.35. The molecule has 2 nitrogen and oxygen atoms in total. The summed E-state index contributed by atoms with van der Waals surface area (Å²) < 4.78 is 0. The number of rotatable bonds is 4. The first-order valence-electron chi connectivity index (χ1n) is 6.98. The van der Waals surface area contributed by atoms with Gasteiger partial charge in [-0.15, -0.1) is 0 Å². The zero-order chi connectivity index (χ0) is 15.2. The van der Waals surface area contributed by atoms with E-state index in [0.717, 1.165) is 22.7 Å². The van der Waals surface area contributed by atoms with E-state index in [1.807, 2.05) is 43.3 Å². The fraction of sp³-hybridized carbons (Fsp3) is 0.235. The summed E-state index contributed by atoms with van der Waals surface area (Å²) in [7, 11) is 0. The Hall–Kier alpha value is -1.58. The van der Waals surface area contributed by atoms with Crippen LogP contribution in [0.4, 0.5) is 5.69 Å². The van der Waals surface area contributed by atoms with Crippen LogP contribution in [0.3, 0.4) is 0 Å². The second kappa shape index (κ2) is 7.43. The molecule has 1 atom stereocenters. The summed E-state index contributed by atoms with van der Waals surface area (Å²) in [6.45, 7) is 4.14. The number of halogens is 1. The van der Waals surface area contributed by atoms with Gasteiger partial charge in [0.25, 0.3) is 0 Å². The lowest BCUT2D eigenvalue weighted by Crippen LogP contribution is -2.32. The van der Waals surface area contributed by atoms with E-state index < -0.39 is 0 Å². The van der Waals surface area contributed by atoms with E-state index in [4.69, 9.17) is 23.8 Å². The van der Waals surface area contributed by atoms with Crippen molar-refractivity contribution in [3.8, 4) is 0 Å². The van der Waals surface area contributed by atoms with E-state index in [1.54, 1.807) is 0 Å². The molecule has 0 saturated heterocycles. The average Bonchev–Trinajstić information content (AvgIpc) is 2.48. The quantitative estimate of drug-likeness (QED) is 0.768. The molecule has 21 heavy (non-hydrogen) atoms. The van der Waals surface area contributed by atoms with Gasteiger partial charge in [0.2, 0.25) is 0 Å². The van der Waals surface area contributed by atoms with Crippen LogP contribution in [0.15, 0.2) is 48.5 Å². The van der Waals surface area contributed by atoms with E-state index in [9.17, 15) is 0 Å². The van der Waals surface area contributed by atoms with Gasteiger partial charge in [-0.3, -0.25) is 0 Å². The predicted molar refractivity (Wildman–Crippen MR) is 95.0 cm³/mol. The van der Waals surface area contributed by atoms with Gasteiger partial charge in [-0.1, -0.05) is 48.9 Å². The first-order chi connectivity index (χ1) is 10.1. The number of benzene rings is 2. The Morgan fingerprint density at radius 3 is 2.52 bits per heavy atom. The fourth-order valence-electron chi connectivity index (χ4n) is 2.19. The molecule has 110 valence electrons. The lowest BCUT2D eigenvalue weighted by atomic mass is 10.1. The summed E-state index contributed by atoms with van der Waals surface area (Å²) >= 11 is 11.4. The zero-order valence-electron chi connectivity index (χ0n) is 12.2. The third-order valence-corrected chi connectivity index (χ3v) is 3.81. The molecule has 2 aromatic carbocycles. The van der Waals surface area contributed by atoms with Gasteiger partial charge in [0, 0.05) is 10.7 Å². The molecule has 2 N–H and O–H groups in total. The molecule has 0 bridgehead atoms. The molecule has 0 saturated carbocycles. The van der Waals surface area contributed by atoms with Crippen LogP contribution in [0.25, 0.3) is 0 Å². The number of anilines is 1. The largest absolute Gasteiger partial charge is 0.356 e. The summed E-state index contributed by atoms with van der Waals surface area (Å²) in [5.74, 6) is 0. The molecule has 0 heterocycles. The van der Waals surface area contributed by atoms with Crippen molar-refractivity contribution in [1.29, 1.82) is 0 Å². The van der Waals surface area contributed by atoms with Crippen molar-refractivity contribution in [3.63, 3.8) is 0 Å². The molecule has 2 rings (SSSR count). The average molecular weight is 319 g/mol. The van der Waals surface area contributed by atoms with Crippen molar-refractivity contribution in [2.24, 2.45) is 0 Å². The molecule has 1 unspecified atom stereocenters. The van der Waals surface area contributed by atoms with Crippen molar-refractivity contribution >= 4 is 34.6 Å². The van der Waals surface area contributed by atoms with Crippen LogP contribution in [0.1, 0.15) is 30.5 Å². The molecule has 0 aliphatic carbocycles. The van der Waals surface area contributed by atoms with E-state index in [1.165, 1.54) is 5.56 Å². The van der Waals surface area contributed by atoms with Gasteiger partial charge < -0.3 is 10.6 Å². The third kappa shape index (κ3) is 4.45. The first kappa shape index (κ1) is 15.8. The second-order valence-electron chi connectivity index (χ2n) is 4.93. The second-order valence-corrected chi connectivity index (χ2v) is 5.77. The Bertz CT molecular complexity index is 613. The molecule has 2 aromatic rings. The smallest absolute Gasteiger partial charge is 0.171 e. The molecule has 0 aliphatic heterocycles. The monoisotopic (exact) mass is 318 g/mol. The molecule has 0 amide bonds. The van der Waals surface area contributed by atoms with Gasteiger partial charge in [0.05, 0.1) is 6.04 Å². The molecule has 4 heteroatoms. The van der Waals surface area contributed by atoms with Crippen LogP contribution in [0.5, 0.6) is 0 Å². The van der Waals surface area contributed by atoms with E-state index >= 15 is 0 Å². The minimum atomic E-state index is 0.207. The van der Waals surface area contributed by atoms with E-state index in [-0.39, 0.29) is 6.04 Å². The Morgan fingerprint density at radius 2 is 1.90 bits per heavy atom. The summed E-state index contributed by atoms with van der Waals surface area (Å²) in [5.41, 5.74) is 3.27. The molecular formula is C17H19ClN2S. The highest BCUT2D eigenvalue weighted by atomic mass is 35.5. The van der Waals surface area contributed by atoms with Crippen molar-refractivity contribution in [1.82, 2.24) is 5.32 Å². The van der Waals surface area contributed by atoms with Crippen molar-refractivity contribution in [2.75, 3.05) is 5.32 Å². The maximum absolute atomic E-state index is 5.96. The van der Waals surface area contributed by atoms with E-state index in [2.05, 4.69) is 29.7 Å². The lowest BCUT2D eigenvalue weighted by Gasteiger charge is -2.20. The molecule has 0 fully saturated rings. The summed E-state index contributed by atoms with van der Waals surface area (Å²) in [6.07, 6.45) is 0.964. The number of hydrogen-bond acceptors (Lipinski definition) is 1. The van der Waals surface area contributed by atoms with Gasteiger partial charge >= 0.3 is 0 Å². The summed E-state index contributed by atoms with van der Waals surface area (Å²) in [6, 6.07) is 16.2. The van der Waals surface area contributed by atoms with Crippen LogP contribution < -0.4 is 10.6 Å². The molecule has 0 aliphatic rings. The topological polar surface area (TPSA) is 24.1 Å². The van der Waals surface area contributed by atoms with Crippen LogP contribution in [-0.2, 0) is 0 Å². The maximum atomic E-state index is 5.96. The minimum absolute atomic E-state index is 0.207. The minimum Gasteiger partial charge on any atom is -0.356 e. The van der Waals surface area contributed by atoms with Crippen LogP contribution in [0.2, 0.25) is 5.02 Å². The highest BCUT2D eigenvalue weighted by molar-refractivity contribution is 7.80. The number of thiocarbonyl (C=S) groups is 1. The Morgan fingerprint density at radius 1 is 1.19 bits per heavy atom. The Balaban J connectivity index is 2.03. The van der Waals surface area contributed by atoms with Crippen LogP contribution in [0, 0.1) is 6.92 Å². The SMILES string of the molecule is CCC(NC(=S)Nc1ccc(Cl)cc1C)c1ccccc1. The van der Waals surface area contributed by atoms with Gasteiger partial charge in [-0.2, -0.15) is 0 Å². The first-order valence-corrected chi connectivity index (χ1v) is 7.77. The molecule has 0 aromatic heterocycles. The summed E-state index contributed by atoms with van der Waals surface area (Å²) in [4.78, 5) is 0. The Kier molecular flexibility index (Phi) is 5.59. The van der Waals surface area contributed by atoms with Crippen molar-refractivity contribution < 1.29 is 0 Å². The predicted octanol–water partition coefficient (Wildman–Crippen LogP) is 5.09. The van der Waals surface area contributed by atoms with Gasteiger partial charge in [0.1, 0.15) is 0 Å². The fourth-order valence-corrected chi connectivity index (χ4v) is 2.67. The van der Waals surface area contributed by atoms with Gasteiger partial charge in [-0.05, 0) is 54.9 Å². The van der Waals surface area contributed by atoms with Gasteiger partial charge in [-0.25, -0.2) is 0 Å². The molecule has 0 radical (unpaired) electrons. The highest BCUT2D eigenvalue weighted by Crippen LogP contribution is 2.20. The lowest BCUT2D eigenvalue weighted by molar-refractivity contribution is 0.629. The normalized spacial score (nSPS) is 11.8. The highest BCUT2D eigenvalue weighted by Gasteiger charge is 2.10. The summed E-state index contributed by atoms with van der Waals surface area (Å²) in [5, 5.41) is 7.94. The van der Waals surface area contributed by atoms with Crippen LogP contribution in [-0.4, -0.2) is 5.11 Å². The zero-order valence-corrected chi connectivity index (χ0v) is 13.8. The van der Waals surface area contributed by atoms with Crippen LogP contribution >= 0.6 is 23.8 Å². The maximum Gasteiger partial charge on any atom is 0.171 e.